The van der Waals surface area contributed by atoms with Crippen LogP contribution in [-0.4, -0.2) is 26.8 Å². The molecule has 122 valence electrons. The van der Waals surface area contributed by atoms with E-state index in [9.17, 15) is 18.4 Å². The molecule has 0 aliphatic heterocycles. The fourth-order valence-corrected chi connectivity index (χ4v) is 2.09. The highest BCUT2D eigenvalue weighted by molar-refractivity contribution is 6.31. The van der Waals surface area contributed by atoms with E-state index in [1.54, 1.807) is 0 Å². The number of nitrogens with one attached hydrogen (secondary N) is 1. The van der Waals surface area contributed by atoms with Gasteiger partial charge in [-0.15, -0.1) is 0 Å². The molecule has 2 N–H and O–H groups in total. The van der Waals surface area contributed by atoms with Gasteiger partial charge in [0.2, 0.25) is 5.91 Å². The van der Waals surface area contributed by atoms with Gasteiger partial charge in [0, 0.05) is 5.69 Å². The lowest BCUT2D eigenvalue weighted by atomic mass is 10.2. The summed E-state index contributed by atoms with van der Waals surface area (Å²) in [5, 5.41) is 14.8. The van der Waals surface area contributed by atoms with Gasteiger partial charge in [-0.3, -0.25) is 9.48 Å². The Hall–Kier alpha value is -2.48. The second-order valence-corrected chi connectivity index (χ2v) is 5.05. The number of rotatable bonds is 5. The zero-order chi connectivity index (χ0) is 17.1. The van der Waals surface area contributed by atoms with Crippen molar-refractivity contribution in [2.75, 3.05) is 5.32 Å². The van der Waals surface area contributed by atoms with E-state index >= 15 is 0 Å². The molecule has 0 unspecified atom stereocenters. The molecule has 0 radical (unpaired) electrons. The topological polar surface area (TPSA) is 84.2 Å². The maximum Gasteiger partial charge on any atom is 0.335 e. The maximum absolute atomic E-state index is 12.7. The molecule has 0 atom stereocenters. The van der Waals surface area contributed by atoms with Crippen LogP contribution in [0.4, 0.5) is 14.5 Å². The van der Waals surface area contributed by atoms with Gasteiger partial charge >= 0.3 is 5.97 Å². The molecule has 23 heavy (non-hydrogen) atoms. The van der Waals surface area contributed by atoms with Crippen LogP contribution in [0.5, 0.6) is 0 Å². The molecular formula is C14H12ClF2N3O3. The SMILES string of the molecule is Cc1c(Cl)c(C(F)F)nn1CC(=O)Nc1ccc(C(=O)O)cc1. The van der Waals surface area contributed by atoms with Crippen molar-refractivity contribution >= 4 is 29.2 Å². The van der Waals surface area contributed by atoms with Gasteiger partial charge in [0.1, 0.15) is 12.2 Å². The van der Waals surface area contributed by atoms with E-state index in [1.165, 1.54) is 31.2 Å². The van der Waals surface area contributed by atoms with E-state index in [1.807, 2.05) is 0 Å². The third kappa shape index (κ3) is 3.84. The summed E-state index contributed by atoms with van der Waals surface area (Å²) in [6, 6.07) is 5.52. The number of carbonyl (C=O) groups is 2. The van der Waals surface area contributed by atoms with Crippen LogP contribution in [0.25, 0.3) is 0 Å². The quantitative estimate of drug-likeness (QED) is 0.873. The molecule has 9 heteroatoms. The third-order valence-electron chi connectivity index (χ3n) is 3.07. The summed E-state index contributed by atoms with van der Waals surface area (Å²) in [6.07, 6.45) is -2.82. The molecule has 2 aromatic rings. The summed E-state index contributed by atoms with van der Waals surface area (Å²) >= 11 is 5.75. The molecule has 1 aromatic carbocycles. The number of hydrogen-bond donors (Lipinski definition) is 2. The molecule has 6 nitrogen and oxygen atoms in total. The van der Waals surface area contributed by atoms with E-state index in [2.05, 4.69) is 10.4 Å². The number of anilines is 1. The monoisotopic (exact) mass is 343 g/mol. The lowest BCUT2D eigenvalue weighted by Crippen LogP contribution is -2.20. The first kappa shape index (κ1) is 16.9. The maximum atomic E-state index is 12.7. The number of hydrogen-bond acceptors (Lipinski definition) is 3. The predicted molar refractivity (Wildman–Crippen MR) is 79.0 cm³/mol. The molecule has 0 saturated carbocycles. The largest absolute Gasteiger partial charge is 0.478 e. The second-order valence-electron chi connectivity index (χ2n) is 4.67. The van der Waals surface area contributed by atoms with Crippen molar-refractivity contribution in [1.29, 1.82) is 0 Å². The average molecular weight is 344 g/mol. The summed E-state index contributed by atoms with van der Waals surface area (Å²) in [5.74, 6) is -1.58. The zero-order valence-electron chi connectivity index (χ0n) is 11.9. The van der Waals surface area contributed by atoms with Crippen molar-refractivity contribution in [3.05, 3.63) is 46.2 Å². The zero-order valence-corrected chi connectivity index (χ0v) is 12.6. The minimum atomic E-state index is -2.82. The second kappa shape index (κ2) is 6.74. The van der Waals surface area contributed by atoms with E-state index in [0.717, 1.165) is 4.68 Å². The average Bonchev–Trinajstić information content (AvgIpc) is 2.76. The molecule has 0 aliphatic rings. The molecule has 0 saturated heterocycles. The summed E-state index contributed by atoms with van der Waals surface area (Å²) in [6.45, 7) is 1.19. The van der Waals surface area contributed by atoms with Crippen molar-refractivity contribution in [3.63, 3.8) is 0 Å². The first-order chi connectivity index (χ1) is 10.8. The van der Waals surface area contributed by atoms with Crippen LogP contribution in [0.3, 0.4) is 0 Å². The number of carboxylic acids is 1. The Kier molecular flexibility index (Phi) is 4.95. The Balaban J connectivity index is 2.08. The lowest BCUT2D eigenvalue weighted by Gasteiger charge is -2.07. The highest BCUT2D eigenvalue weighted by atomic mass is 35.5. The van der Waals surface area contributed by atoms with Gasteiger partial charge in [0.25, 0.3) is 6.43 Å². The Bertz CT molecular complexity index is 744. The molecular weight excluding hydrogens is 332 g/mol. The van der Waals surface area contributed by atoms with Gasteiger partial charge in [-0.2, -0.15) is 5.10 Å². The summed E-state index contributed by atoms with van der Waals surface area (Å²) in [7, 11) is 0. The number of amides is 1. The Morgan fingerprint density at radius 1 is 1.35 bits per heavy atom. The Morgan fingerprint density at radius 3 is 2.43 bits per heavy atom. The minimum Gasteiger partial charge on any atom is -0.478 e. The fraction of sp³-hybridized carbons (Fsp3) is 0.214. The highest BCUT2D eigenvalue weighted by Gasteiger charge is 2.21. The van der Waals surface area contributed by atoms with E-state index in [0.29, 0.717) is 5.69 Å². The molecule has 1 amide bonds. The summed E-state index contributed by atoms with van der Waals surface area (Å²) < 4.78 is 26.5. The van der Waals surface area contributed by atoms with Gasteiger partial charge in [-0.1, -0.05) is 11.6 Å². The van der Waals surface area contributed by atoms with Crippen LogP contribution < -0.4 is 5.32 Å². The number of benzene rings is 1. The van der Waals surface area contributed by atoms with Gasteiger partial charge < -0.3 is 10.4 Å². The molecule has 1 aromatic heterocycles. The lowest BCUT2D eigenvalue weighted by molar-refractivity contribution is -0.117. The van der Waals surface area contributed by atoms with Gasteiger partial charge in [-0.05, 0) is 31.2 Å². The Labute approximate surface area is 134 Å². The summed E-state index contributed by atoms with van der Waals surface area (Å²) in [5.41, 5.74) is 0.158. The van der Waals surface area contributed by atoms with Crippen molar-refractivity contribution in [2.45, 2.75) is 19.9 Å². The van der Waals surface area contributed by atoms with Crippen LogP contribution in [0.1, 0.15) is 28.2 Å². The number of carboxylic acid groups (broad SMARTS) is 1. The third-order valence-corrected chi connectivity index (χ3v) is 3.54. The van der Waals surface area contributed by atoms with E-state index in [4.69, 9.17) is 16.7 Å². The molecule has 0 fully saturated rings. The number of aromatic nitrogens is 2. The first-order valence-electron chi connectivity index (χ1n) is 6.43. The number of aromatic carboxylic acids is 1. The van der Waals surface area contributed by atoms with E-state index < -0.39 is 24.0 Å². The fourth-order valence-electron chi connectivity index (χ4n) is 1.87. The smallest absolute Gasteiger partial charge is 0.335 e. The standard InChI is InChI=1S/C14H12ClF2N3O3/c1-7-11(15)12(13(16)17)19-20(7)6-10(21)18-9-4-2-8(3-5-9)14(22)23/h2-5,13H,6H2,1H3,(H,18,21)(H,22,23). The summed E-state index contributed by atoms with van der Waals surface area (Å²) in [4.78, 5) is 22.7. The predicted octanol–water partition coefficient (Wildman–Crippen LogP) is 3.12. The van der Waals surface area contributed by atoms with Crippen LogP contribution in [0.15, 0.2) is 24.3 Å². The van der Waals surface area contributed by atoms with Crippen molar-refractivity contribution < 1.29 is 23.5 Å². The number of halogens is 3. The number of carbonyl (C=O) groups excluding carboxylic acids is 1. The normalized spacial score (nSPS) is 10.8. The van der Waals surface area contributed by atoms with Crippen molar-refractivity contribution in [3.8, 4) is 0 Å². The molecule has 0 bridgehead atoms. The molecule has 1 heterocycles. The number of nitrogens with zero attached hydrogens (tertiary/aromatic N) is 2. The van der Waals surface area contributed by atoms with E-state index in [-0.39, 0.29) is 22.8 Å². The van der Waals surface area contributed by atoms with Crippen LogP contribution in [0, 0.1) is 6.92 Å². The molecule has 0 aliphatic carbocycles. The first-order valence-corrected chi connectivity index (χ1v) is 6.81. The molecule has 0 spiro atoms. The van der Waals surface area contributed by atoms with Crippen LogP contribution >= 0.6 is 11.6 Å². The highest BCUT2D eigenvalue weighted by Crippen LogP contribution is 2.28. The van der Waals surface area contributed by atoms with Crippen LogP contribution in [0.2, 0.25) is 5.02 Å². The van der Waals surface area contributed by atoms with Crippen molar-refractivity contribution in [2.24, 2.45) is 0 Å². The minimum absolute atomic E-state index is 0.0827. The van der Waals surface area contributed by atoms with Gasteiger partial charge in [0.15, 0.2) is 0 Å². The molecule has 2 rings (SSSR count). The Morgan fingerprint density at radius 2 is 1.96 bits per heavy atom. The van der Waals surface area contributed by atoms with Crippen LogP contribution in [-0.2, 0) is 11.3 Å². The van der Waals surface area contributed by atoms with Gasteiger partial charge in [-0.25, -0.2) is 13.6 Å². The number of alkyl halides is 2. The van der Waals surface area contributed by atoms with Gasteiger partial charge in [0.05, 0.1) is 16.3 Å². The van der Waals surface area contributed by atoms with Crippen molar-refractivity contribution in [1.82, 2.24) is 9.78 Å².